The van der Waals surface area contributed by atoms with Crippen molar-refractivity contribution in [2.24, 2.45) is 0 Å². The van der Waals surface area contributed by atoms with Gasteiger partial charge < -0.3 is 15.0 Å². The van der Waals surface area contributed by atoms with Crippen LogP contribution in [-0.4, -0.2) is 51.4 Å². The van der Waals surface area contributed by atoms with E-state index in [2.05, 4.69) is 5.32 Å². The van der Waals surface area contributed by atoms with Gasteiger partial charge in [0.05, 0.1) is 17.7 Å². The van der Waals surface area contributed by atoms with E-state index >= 15 is 0 Å². The van der Waals surface area contributed by atoms with Gasteiger partial charge in [0.25, 0.3) is 10.0 Å². The summed E-state index contributed by atoms with van der Waals surface area (Å²) in [5, 5.41) is 2.84. The highest BCUT2D eigenvalue weighted by Gasteiger charge is 2.33. The second kappa shape index (κ2) is 13.3. The molecule has 0 aliphatic carbocycles. The van der Waals surface area contributed by atoms with Crippen molar-refractivity contribution in [3.05, 3.63) is 89.5 Å². The number of carbonyl (C=O) groups excluding carboxylic acids is 2. The molecule has 0 heterocycles. The fourth-order valence-electron chi connectivity index (χ4n) is 4.14. The zero-order valence-electron chi connectivity index (χ0n) is 23.2. The van der Waals surface area contributed by atoms with E-state index in [1.54, 1.807) is 56.5 Å². The number of amides is 2. The number of carbonyl (C=O) groups is 2. The van der Waals surface area contributed by atoms with Crippen LogP contribution < -0.4 is 14.4 Å². The van der Waals surface area contributed by atoms with Crippen molar-refractivity contribution in [2.45, 2.75) is 51.6 Å². The van der Waals surface area contributed by atoms with Gasteiger partial charge in [-0.25, -0.2) is 8.42 Å². The summed E-state index contributed by atoms with van der Waals surface area (Å²) >= 11 is 0. The van der Waals surface area contributed by atoms with E-state index in [9.17, 15) is 18.0 Å². The van der Waals surface area contributed by atoms with E-state index in [0.29, 0.717) is 18.0 Å². The lowest BCUT2D eigenvalue weighted by Gasteiger charge is -2.32. The number of sulfonamides is 1. The van der Waals surface area contributed by atoms with Gasteiger partial charge in [0, 0.05) is 13.1 Å². The smallest absolute Gasteiger partial charge is 0.264 e. The number of nitrogens with zero attached hydrogens (tertiary/aromatic N) is 2. The summed E-state index contributed by atoms with van der Waals surface area (Å²) in [5.41, 5.74) is 2.85. The van der Waals surface area contributed by atoms with E-state index < -0.39 is 28.5 Å². The molecule has 0 bridgehead atoms. The third-order valence-corrected chi connectivity index (χ3v) is 8.46. The normalized spacial score (nSPS) is 11.9. The van der Waals surface area contributed by atoms with Crippen LogP contribution in [0.2, 0.25) is 0 Å². The van der Waals surface area contributed by atoms with Crippen LogP contribution >= 0.6 is 0 Å². The van der Waals surface area contributed by atoms with E-state index in [1.807, 2.05) is 39.0 Å². The molecular weight excluding hydrogens is 514 g/mol. The molecule has 1 atom stereocenters. The number of aryl methyl sites for hydroxylation is 1. The minimum atomic E-state index is -4.10. The average molecular weight is 552 g/mol. The number of benzene rings is 3. The molecule has 0 aromatic heterocycles. The number of anilines is 1. The third-order valence-electron chi connectivity index (χ3n) is 6.68. The average Bonchev–Trinajstić information content (AvgIpc) is 2.95. The van der Waals surface area contributed by atoms with E-state index in [1.165, 1.54) is 17.0 Å². The maximum absolute atomic E-state index is 14.0. The summed E-state index contributed by atoms with van der Waals surface area (Å²) in [4.78, 5) is 28.4. The van der Waals surface area contributed by atoms with Crippen molar-refractivity contribution in [1.82, 2.24) is 10.2 Å². The van der Waals surface area contributed by atoms with Crippen molar-refractivity contribution in [2.75, 3.05) is 24.5 Å². The molecule has 0 saturated heterocycles. The number of hydrogen-bond donors (Lipinski definition) is 1. The number of nitrogens with one attached hydrogen (secondary N) is 1. The van der Waals surface area contributed by atoms with Gasteiger partial charge in [-0.3, -0.25) is 13.9 Å². The van der Waals surface area contributed by atoms with Gasteiger partial charge in [-0.1, -0.05) is 49.4 Å². The molecular formula is C30H37N3O5S. The topological polar surface area (TPSA) is 96.0 Å². The lowest BCUT2D eigenvalue weighted by Crippen LogP contribution is -2.51. The molecule has 0 radical (unpaired) electrons. The lowest BCUT2D eigenvalue weighted by molar-refractivity contribution is -0.139. The quantitative estimate of drug-likeness (QED) is 0.359. The Balaban J connectivity index is 2.04. The minimum Gasteiger partial charge on any atom is -0.497 e. The molecule has 208 valence electrons. The second-order valence-electron chi connectivity index (χ2n) is 9.38. The molecule has 3 aromatic carbocycles. The summed E-state index contributed by atoms with van der Waals surface area (Å²) in [6.45, 7) is 7.45. The Morgan fingerprint density at radius 2 is 1.62 bits per heavy atom. The van der Waals surface area contributed by atoms with Crippen LogP contribution in [0, 0.1) is 13.8 Å². The summed E-state index contributed by atoms with van der Waals surface area (Å²) < 4.78 is 34.2. The van der Waals surface area contributed by atoms with Crippen molar-refractivity contribution >= 4 is 27.5 Å². The van der Waals surface area contributed by atoms with Crippen LogP contribution in [0.3, 0.4) is 0 Å². The summed E-state index contributed by atoms with van der Waals surface area (Å²) in [5.74, 6) is -0.131. The minimum absolute atomic E-state index is 0.0779. The Hall–Kier alpha value is -3.85. The fourth-order valence-corrected chi connectivity index (χ4v) is 5.64. The molecule has 0 aliphatic rings. The number of ether oxygens (including phenoxy) is 1. The molecule has 9 heteroatoms. The van der Waals surface area contributed by atoms with Crippen LogP contribution in [0.15, 0.2) is 77.7 Å². The van der Waals surface area contributed by atoms with Crippen LogP contribution in [0.1, 0.15) is 37.0 Å². The predicted octanol–water partition coefficient (Wildman–Crippen LogP) is 4.45. The molecule has 8 nitrogen and oxygen atoms in total. The fraction of sp³-hybridized carbons (Fsp3) is 0.333. The standard InChI is InChI=1S/C30H37N3O5S/c1-6-19-31-30(35)24(4)32(20-25-15-17-26(38-5)18-16-25)29(34)21-33(28-14-10-11-22(2)23(28)3)39(36,37)27-12-8-7-9-13-27/h7-18,24H,6,19-21H2,1-5H3,(H,31,35)/t24-/m0/s1. The summed E-state index contributed by atoms with van der Waals surface area (Å²) in [6, 6.07) is 19.8. The molecule has 0 fully saturated rings. The van der Waals surface area contributed by atoms with Gasteiger partial charge >= 0.3 is 0 Å². The highest BCUT2D eigenvalue weighted by atomic mass is 32.2. The lowest BCUT2D eigenvalue weighted by atomic mass is 10.1. The molecule has 0 spiro atoms. The number of hydrogen-bond acceptors (Lipinski definition) is 5. The van der Waals surface area contributed by atoms with Crippen molar-refractivity contribution in [3.8, 4) is 5.75 Å². The van der Waals surface area contributed by atoms with Crippen molar-refractivity contribution in [1.29, 1.82) is 0 Å². The second-order valence-corrected chi connectivity index (χ2v) is 11.2. The van der Waals surface area contributed by atoms with Gasteiger partial charge in [0.1, 0.15) is 18.3 Å². The Kier molecular flexibility index (Phi) is 10.1. The van der Waals surface area contributed by atoms with Crippen molar-refractivity contribution < 1.29 is 22.7 Å². The molecule has 3 aromatic rings. The maximum atomic E-state index is 14.0. The number of rotatable bonds is 12. The van der Waals surface area contributed by atoms with E-state index in [4.69, 9.17) is 4.74 Å². The van der Waals surface area contributed by atoms with Gasteiger partial charge in [-0.15, -0.1) is 0 Å². The molecule has 39 heavy (non-hydrogen) atoms. The summed E-state index contributed by atoms with van der Waals surface area (Å²) in [6.07, 6.45) is 0.751. The van der Waals surface area contributed by atoms with Crippen LogP contribution in [0.25, 0.3) is 0 Å². The molecule has 2 amide bonds. The highest BCUT2D eigenvalue weighted by Crippen LogP contribution is 2.29. The first-order valence-electron chi connectivity index (χ1n) is 12.9. The van der Waals surface area contributed by atoms with Gasteiger partial charge in [0.15, 0.2) is 0 Å². The Morgan fingerprint density at radius 3 is 2.23 bits per heavy atom. The van der Waals surface area contributed by atoms with Crippen LogP contribution in [0.5, 0.6) is 5.75 Å². The van der Waals surface area contributed by atoms with Gasteiger partial charge in [-0.05, 0) is 74.2 Å². The van der Waals surface area contributed by atoms with E-state index in [0.717, 1.165) is 27.4 Å². The monoisotopic (exact) mass is 551 g/mol. The Morgan fingerprint density at radius 1 is 0.949 bits per heavy atom. The van der Waals surface area contributed by atoms with E-state index in [-0.39, 0.29) is 17.3 Å². The molecule has 3 rings (SSSR count). The predicted molar refractivity (Wildman–Crippen MR) is 153 cm³/mol. The zero-order chi connectivity index (χ0) is 28.6. The molecule has 0 saturated carbocycles. The summed E-state index contributed by atoms with van der Waals surface area (Å²) in [7, 11) is -2.53. The van der Waals surface area contributed by atoms with Gasteiger partial charge in [-0.2, -0.15) is 0 Å². The zero-order valence-corrected chi connectivity index (χ0v) is 24.0. The molecule has 1 N–H and O–H groups in total. The maximum Gasteiger partial charge on any atom is 0.264 e. The first-order valence-corrected chi connectivity index (χ1v) is 14.4. The number of methoxy groups -OCH3 is 1. The SMILES string of the molecule is CCCNC(=O)[C@H](C)N(Cc1ccc(OC)cc1)C(=O)CN(c1cccc(C)c1C)S(=O)(=O)c1ccccc1. The Labute approximate surface area is 231 Å². The highest BCUT2D eigenvalue weighted by molar-refractivity contribution is 7.92. The first kappa shape index (κ1) is 29.7. The van der Waals surface area contributed by atoms with Crippen LogP contribution in [-0.2, 0) is 26.2 Å². The molecule has 0 unspecified atom stereocenters. The third kappa shape index (κ3) is 7.17. The van der Waals surface area contributed by atoms with Gasteiger partial charge in [0.2, 0.25) is 11.8 Å². The Bertz CT molecular complexity index is 1380. The largest absolute Gasteiger partial charge is 0.497 e. The molecule has 0 aliphatic heterocycles. The first-order chi connectivity index (χ1) is 18.6. The van der Waals surface area contributed by atoms with Crippen LogP contribution in [0.4, 0.5) is 5.69 Å². The van der Waals surface area contributed by atoms with Crippen molar-refractivity contribution in [3.63, 3.8) is 0 Å².